The molecule has 0 spiro atoms. The predicted octanol–water partition coefficient (Wildman–Crippen LogP) is 2.40. The molecule has 1 N–H and O–H groups in total. The van der Waals surface area contributed by atoms with Crippen molar-refractivity contribution in [3.8, 4) is 0 Å². The summed E-state index contributed by atoms with van der Waals surface area (Å²) in [4.78, 5) is 43.9. The van der Waals surface area contributed by atoms with Crippen LogP contribution in [0.1, 0.15) is 43.6 Å². The van der Waals surface area contributed by atoms with Crippen molar-refractivity contribution >= 4 is 28.7 Å². The maximum Gasteiger partial charge on any atom is 0.407 e. The van der Waals surface area contributed by atoms with Gasteiger partial charge in [0.1, 0.15) is 5.60 Å². The summed E-state index contributed by atoms with van der Waals surface area (Å²) in [6, 6.07) is 3.65. The van der Waals surface area contributed by atoms with E-state index in [9.17, 15) is 14.4 Å². The highest BCUT2D eigenvalue weighted by molar-refractivity contribution is 6.05. The maximum absolute atomic E-state index is 13.0. The minimum Gasteiger partial charge on any atom is -0.444 e. The number of anilines is 1. The van der Waals surface area contributed by atoms with Crippen LogP contribution in [0.2, 0.25) is 0 Å². The van der Waals surface area contributed by atoms with Gasteiger partial charge in [0, 0.05) is 43.6 Å². The van der Waals surface area contributed by atoms with Crippen molar-refractivity contribution in [2.75, 3.05) is 18.0 Å². The summed E-state index contributed by atoms with van der Waals surface area (Å²) in [5.41, 5.74) is 1.09. The van der Waals surface area contributed by atoms with E-state index in [0.717, 1.165) is 5.56 Å². The molecule has 8 heteroatoms. The fraction of sp³-hybridized carbons (Fsp3) is 0.545. The zero-order valence-electron chi connectivity index (χ0n) is 18.3. The molecule has 2 aliphatic rings. The number of amides is 1. The van der Waals surface area contributed by atoms with Gasteiger partial charge in [-0.15, -0.1) is 0 Å². The number of fused-ring (bicyclic) bond motifs is 2. The number of aryl methyl sites for hydroxylation is 1. The molecular formula is C22H28N4O4. The molecule has 1 amide bonds. The van der Waals surface area contributed by atoms with E-state index in [1.165, 1.54) is 6.92 Å². The summed E-state index contributed by atoms with van der Waals surface area (Å²) in [7, 11) is 1.71. The Labute approximate surface area is 175 Å². The zero-order chi connectivity index (χ0) is 22.0. The molecule has 30 heavy (non-hydrogen) atoms. The number of rotatable bonds is 3. The summed E-state index contributed by atoms with van der Waals surface area (Å²) in [5, 5.41) is 3.41. The highest BCUT2D eigenvalue weighted by Gasteiger charge is 2.57. The van der Waals surface area contributed by atoms with E-state index >= 15 is 0 Å². The minimum atomic E-state index is -0.528. The van der Waals surface area contributed by atoms with Crippen LogP contribution < -0.4 is 15.8 Å². The summed E-state index contributed by atoms with van der Waals surface area (Å²) in [6.07, 6.45) is -0.397. The Morgan fingerprint density at radius 3 is 2.40 bits per heavy atom. The van der Waals surface area contributed by atoms with Crippen molar-refractivity contribution < 1.29 is 14.3 Å². The highest BCUT2D eigenvalue weighted by atomic mass is 16.6. The molecular weight excluding hydrogens is 384 g/mol. The Hall–Kier alpha value is -2.90. The number of aromatic nitrogens is 2. The van der Waals surface area contributed by atoms with Crippen LogP contribution in [0.3, 0.4) is 0 Å². The third-order valence-corrected chi connectivity index (χ3v) is 5.84. The van der Waals surface area contributed by atoms with Gasteiger partial charge in [-0.3, -0.25) is 14.2 Å². The van der Waals surface area contributed by atoms with Crippen molar-refractivity contribution in [1.82, 2.24) is 14.9 Å². The number of nitrogens with one attached hydrogen (secondary N) is 1. The molecule has 160 valence electrons. The van der Waals surface area contributed by atoms with Crippen LogP contribution in [0.15, 0.2) is 16.9 Å². The molecule has 2 aromatic rings. The fourth-order valence-corrected chi connectivity index (χ4v) is 4.41. The van der Waals surface area contributed by atoms with Crippen LogP contribution >= 0.6 is 0 Å². The fourth-order valence-electron chi connectivity index (χ4n) is 4.41. The van der Waals surface area contributed by atoms with Gasteiger partial charge in [0.15, 0.2) is 5.78 Å². The highest BCUT2D eigenvalue weighted by Crippen LogP contribution is 2.46. The van der Waals surface area contributed by atoms with Crippen LogP contribution in [-0.4, -0.2) is 46.2 Å². The van der Waals surface area contributed by atoms with E-state index in [-0.39, 0.29) is 17.4 Å². The number of ether oxygens (including phenoxy) is 1. The van der Waals surface area contributed by atoms with Gasteiger partial charge in [0.2, 0.25) is 5.95 Å². The van der Waals surface area contributed by atoms with Gasteiger partial charge in [0.25, 0.3) is 5.56 Å². The molecule has 1 unspecified atom stereocenters. The third kappa shape index (κ3) is 3.55. The monoisotopic (exact) mass is 412 g/mol. The SMILES string of the molecule is CC(=O)c1cc(C)cc2c(=O)n(C)c(N3C[C@@H]4C(NC(=O)OC(C)(C)C)[C@@H]4C3)nc12. The molecule has 1 saturated carbocycles. The summed E-state index contributed by atoms with van der Waals surface area (Å²) < 4.78 is 6.89. The van der Waals surface area contributed by atoms with Crippen molar-refractivity contribution in [2.24, 2.45) is 18.9 Å². The largest absolute Gasteiger partial charge is 0.444 e. The zero-order valence-corrected chi connectivity index (χ0v) is 18.3. The van der Waals surface area contributed by atoms with Gasteiger partial charge in [-0.25, -0.2) is 9.78 Å². The number of carbonyl (C=O) groups is 2. The lowest BCUT2D eigenvalue weighted by molar-refractivity contribution is 0.0518. The lowest BCUT2D eigenvalue weighted by atomic mass is 10.0. The second-order valence-corrected chi connectivity index (χ2v) is 9.45. The average molecular weight is 412 g/mol. The molecule has 4 rings (SSSR count). The molecule has 0 bridgehead atoms. The van der Waals surface area contributed by atoms with Crippen molar-refractivity contribution in [2.45, 2.75) is 46.3 Å². The van der Waals surface area contributed by atoms with Crippen LogP contribution in [-0.2, 0) is 11.8 Å². The number of hydrogen-bond acceptors (Lipinski definition) is 6. The number of nitrogens with zero attached hydrogens (tertiary/aromatic N) is 3. The summed E-state index contributed by atoms with van der Waals surface area (Å²) in [5.74, 6) is 1.05. The van der Waals surface area contributed by atoms with E-state index < -0.39 is 11.7 Å². The molecule has 1 aromatic carbocycles. The number of ketones is 1. The number of benzene rings is 1. The topological polar surface area (TPSA) is 93.5 Å². The van der Waals surface area contributed by atoms with Gasteiger partial charge in [-0.2, -0.15) is 0 Å². The molecule has 2 heterocycles. The Morgan fingerprint density at radius 2 is 1.83 bits per heavy atom. The average Bonchev–Trinajstić information content (AvgIpc) is 3.06. The molecule has 3 atom stereocenters. The van der Waals surface area contributed by atoms with Crippen LogP contribution in [0.25, 0.3) is 10.9 Å². The molecule has 1 aliphatic heterocycles. The number of hydrogen-bond donors (Lipinski definition) is 1. The van der Waals surface area contributed by atoms with E-state index in [4.69, 9.17) is 9.72 Å². The smallest absolute Gasteiger partial charge is 0.407 e. The number of piperidine rings is 1. The van der Waals surface area contributed by atoms with Gasteiger partial charge >= 0.3 is 6.09 Å². The van der Waals surface area contributed by atoms with Crippen molar-refractivity contribution in [1.29, 1.82) is 0 Å². The molecule has 0 radical (unpaired) electrons. The lowest BCUT2D eigenvalue weighted by Gasteiger charge is -2.24. The lowest BCUT2D eigenvalue weighted by Crippen LogP contribution is -2.39. The Morgan fingerprint density at radius 1 is 1.20 bits per heavy atom. The van der Waals surface area contributed by atoms with Crippen molar-refractivity contribution in [3.05, 3.63) is 33.6 Å². The summed E-state index contributed by atoms with van der Waals surface area (Å²) >= 11 is 0. The molecule has 1 saturated heterocycles. The van der Waals surface area contributed by atoms with E-state index in [1.807, 2.05) is 27.7 Å². The van der Waals surface area contributed by atoms with Crippen molar-refractivity contribution in [3.63, 3.8) is 0 Å². The Kier molecular flexibility index (Phi) is 4.63. The van der Waals surface area contributed by atoms with E-state index in [0.29, 0.717) is 47.3 Å². The Bertz CT molecular complexity index is 1100. The quantitative estimate of drug-likeness (QED) is 0.778. The normalized spacial score (nSPS) is 22.7. The number of carbonyl (C=O) groups excluding carboxylic acids is 2. The summed E-state index contributed by atoms with van der Waals surface area (Å²) in [6.45, 7) is 10.3. The van der Waals surface area contributed by atoms with Gasteiger partial charge in [-0.1, -0.05) is 0 Å². The minimum absolute atomic E-state index is 0.0871. The second-order valence-electron chi connectivity index (χ2n) is 9.45. The predicted molar refractivity (Wildman–Crippen MR) is 114 cm³/mol. The molecule has 2 fully saturated rings. The van der Waals surface area contributed by atoms with Gasteiger partial charge in [0.05, 0.1) is 10.9 Å². The van der Waals surface area contributed by atoms with Crippen LogP contribution in [0.4, 0.5) is 10.7 Å². The first-order valence-corrected chi connectivity index (χ1v) is 10.2. The first-order valence-electron chi connectivity index (χ1n) is 10.2. The van der Waals surface area contributed by atoms with E-state index in [1.54, 1.807) is 23.7 Å². The van der Waals surface area contributed by atoms with E-state index in [2.05, 4.69) is 10.2 Å². The van der Waals surface area contributed by atoms with Gasteiger partial charge < -0.3 is 15.0 Å². The molecule has 8 nitrogen and oxygen atoms in total. The Balaban J connectivity index is 1.57. The van der Waals surface area contributed by atoms with Crippen LogP contribution in [0, 0.1) is 18.8 Å². The van der Waals surface area contributed by atoms with Crippen LogP contribution in [0.5, 0.6) is 0 Å². The molecule has 1 aliphatic carbocycles. The number of Topliss-reactive ketones (excluding diaryl/α,β-unsaturated/α-hetero) is 1. The first kappa shape index (κ1) is 20.4. The first-order chi connectivity index (χ1) is 14.0. The standard InChI is InChI=1S/C22H28N4O4/c1-11-7-13(12(2)27)17-14(8-11)19(28)25(6)20(23-17)26-9-15-16(10-26)18(15)24-21(29)30-22(3,4)5/h7-8,15-16,18H,9-10H2,1-6H3,(H,24,29)/t15-,16+,18?. The molecule has 1 aromatic heterocycles. The number of alkyl carbamates (subject to hydrolysis) is 1. The van der Waals surface area contributed by atoms with Gasteiger partial charge in [-0.05, 0) is 52.3 Å². The maximum atomic E-state index is 13.0. The second kappa shape index (κ2) is 6.82. The third-order valence-electron chi connectivity index (χ3n) is 5.84.